The molecular weight excluding hydrogens is 466 g/mol. The zero-order chi connectivity index (χ0) is 23.0. The fourth-order valence-corrected chi connectivity index (χ4v) is 4.27. The maximum Gasteiger partial charge on any atom is 0.266 e. The van der Waals surface area contributed by atoms with E-state index in [0.29, 0.717) is 21.2 Å². The first-order valence-corrected chi connectivity index (χ1v) is 10.3. The highest BCUT2D eigenvalue weighted by Crippen LogP contribution is 2.40. The fraction of sp³-hybridized carbons (Fsp3) is 0.250. The number of hydrazine groups is 1. The molecule has 7 nitrogen and oxygen atoms in total. The summed E-state index contributed by atoms with van der Waals surface area (Å²) >= 11 is 12.2. The molecule has 0 spiro atoms. The number of hydrogen-bond acceptors (Lipinski definition) is 6. The van der Waals surface area contributed by atoms with Gasteiger partial charge in [0.15, 0.2) is 0 Å². The van der Waals surface area contributed by atoms with Crippen molar-refractivity contribution in [3.8, 4) is 11.1 Å². The lowest BCUT2D eigenvalue weighted by molar-refractivity contribution is -0.0205. The van der Waals surface area contributed by atoms with Crippen LogP contribution in [0.1, 0.15) is 6.42 Å². The SMILES string of the molecule is N/N=C(\NN)C1CN(c2ncnc3c(F)ccc(-c4ccc(Cl)c(Cl)c4)c23)CC(F)(F)C1. The van der Waals surface area contributed by atoms with E-state index in [2.05, 4.69) is 20.5 Å². The van der Waals surface area contributed by atoms with Gasteiger partial charge in [0.05, 0.1) is 22.0 Å². The first-order chi connectivity index (χ1) is 15.2. The van der Waals surface area contributed by atoms with Gasteiger partial charge in [-0.05, 0) is 29.3 Å². The highest BCUT2D eigenvalue weighted by Gasteiger charge is 2.43. The Morgan fingerprint density at radius 1 is 1.19 bits per heavy atom. The molecule has 1 atom stereocenters. The predicted octanol–water partition coefficient (Wildman–Crippen LogP) is 3.94. The van der Waals surface area contributed by atoms with E-state index in [1.165, 1.54) is 17.0 Å². The minimum Gasteiger partial charge on any atom is -0.349 e. The number of nitrogens with two attached hydrogens (primary N) is 2. The summed E-state index contributed by atoms with van der Waals surface area (Å²) in [7, 11) is 0. The van der Waals surface area contributed by atoms with E-state index in [1.54, 1.807) is 18.2 Å². The molecule has 1 saturated heterocycles. The normalized spacial score (nSPS) is 18.8. The number of rotatable bonds is 3. The van der Waals surface area contributed by atoms with Gasteiger partial charge in [-0.2, -0.15) is 5.10 Å². The molecule has 32 heavy (non-hydrogen) atoms. The number of fused-ring (bicyclic) bond motifs is 1. The Bertz CT molecular complexity index is 1210. The number of amidine groups is 1. The number of halogens is 5. The summed E-state index contributed by atoms with van der Waals surface area (Å²) in [6.45, 7) is -0.547. The van der Waals surface area contributed by atoms with E-state index in [-0.39, 0.29) is 29.1 Å². The lowest BCUT2D eigenvalue weighted by atomic mass is 9.93. The van der Waals surface area contributed by atoms with E-state index in [1.807, 2.05) is 0 Å². The van der Waals surface area contributed by atoms with Crippen LogP contribution >= 0.6 is 23.2 Å². The van der Waals surface area contributed by atoms with Crippen molar-refractivity contribution in [1.82, 2.24) is 15.4 Å². The molecule has 0 amide bonds. The fourth-order valence-electron chi connectivity index (χ4n) is 3.97. The molecule has 12 heteroatoms. The molecule has 0 bridgehead atoms. The second kappa shape index (κ2) is 8.61. The third-order valence-corrected chi connectivity index (χ3v) is 6.07. The van der Waals surface area contributed by atoms with Crippen LogP contribution in [0.15, 0.2) is 41.8 Å². The van der Waals surface area contributed by atoms with Crippen molar-refractivity contribution in [2.24, 2.45) is 22.7 Å². The van der Waals surface area contributed by atoms with Gasteiger partial charge in [-0.15, -0.1) is 0 Å². The molecule has 1 unspecified atom stereocenters. The number of benzene rings is 2. The van der Waals surface area contributed by atoms with Crippen molar-refractivity contribution in [2.75, 3.05) is 18.0 Å². The molecule has 0 saturated carbocycles. The Balaban J connectivity index is 1.91. The second-order valence-corrected chi connectivity index (χ2v) is 8.26. The van der Waals surface area contributed by atoms with E-state index in [9.17, 15) is 13.2 Å². The standard InChI is InChI=1S/C20H18Cl2F3N7/c21-13-3-1-10(5-14(13)22)12-2-4-15(23)17-16(12)19(29-9-28-17)32-7-11(18(30-26)31-27)6-20(24,25)8-32/h1-5,9,11H,6-8,26-27H2,(H,30,31). The smallest absolute Gasteiger partial charge is 0.266 e. The van der Waals surface area contributed by atoms with Crippen LogP contribution in [0.3, 0.4) is 0 Å². The quantitative estimate of drug-likeness (QED) is 0.225. The van der Waals surface area contributed by atoms with E-state index in [4.69, 9.17) is 34.9 Å². The topological polar surface area (TPSA) is 105 Å². The molecule has 1 fully saturated rings. The second-order valence-electron chi connectivity index (χ2n) is 7.44. The molecule has 1 aromatic heterocycles. The summed E-state index contributed by atoms with van der Waals surface area (Å²) < 4.78 is 44.0. The zero-order valence-corrected chi connectivity index (χ0v) is 18.0. The number of nitrogens with one attached hydrogen (secondary N) is 1. The summed E-state index contributed by atoms with van der Waals surface area (Å²) in [6.07, 6.45) is 0.640. The van der Waals surface area contributed by atoms with Crippen LogP contribution in [0.4, 0.5) is 19.0 Å². The molecular formula is C20H18Cl2F3N7. The average molecular weight is 484 g/mol. The lowest BCUT2D eigenvalue weighted by Gasteiger charge is -2.38. The van der Waals surface area contributed by atoms with E-state index < -0.39 is 30.6 Å². The Morgan fingerprint density at radius 3 is 2.66 bits per heavy atom. The molecule has 4 rings (SSSR count). The van der Waals surface area contributed by atoms with Gasteiger partial charge in [0.1, 0.15) is 29.3 Å². The molecule has 5 N–H and O–H groups in total. The Labute approximate surface area is 191 Å². The van der Waals surface area contributed by atoms with Gasteiger partial charge in [-0.25, -0.2) is 29.0 Å². The van der Waals surface area contributed by atoms with Crippen molar-refractivity contribution < 1.29 is 13.2 Å². The third kappa shape index (κ3) is 4.13. The zero-order valence-electron chi connectivity index (χ0n) is 16.5. The Kier molecular flexibility index (Phi) is 6.02. The van der Waals surface area contributed by atoms with Crippen molar-refractivity contribution in [3.63, 3.8) is 0 Å². The minimum absolute atomic E-state index is 0.00585. The number of nitrogens with zero attached hydrogens (tertiary/aromatic N) is 4. The number of piperidine rings is 1. The highest BCUT2D eigenvalue weighted by atomic mass is 35.5. The maximum absolute atomic E-state index is 14.7. The average Bonchev–Trinajstić information content (AvgIpc) is 2.76. The van der Waals surface area contributed by atoms with Crippen molar-refractivity contribution in [1.29, 1.82) is 0 Å². The number of alkyl halides is 2. The monoisotopic (exact) mass is 483 g/mol. The predicted molar refractivity (Wildman–Crippen MR) is 119 cm³/mol. The van der Waals surface area contributed by atoms with Gasteiger partial charge in [-0.1, -0.05) is 35.3 Å². The number of hydrogen-bond donors (Lipinski definition) is 3. The summed E-state index contributed by atoms with van der Waals surface area (Å²) in [6, 6.07) is 7.68. The number of hydrazone groups is 1. The summed E-state index contributed by atoms with van der Waals surface area (Å²) in [5, 5.41) is 4.40. The van der Waals surface area contributed by atoms with Gasteiger partial charge in [0.25, 0.3) is 5.92 Å². The van der Waals surface area contributed by atoms with E-state index in [0.717, 1.165) is 6.33 Å². The molecule has 0 radical (unpaired) electrons. The first-order valence-electron chi connectivity index (χ1n) is 9.50. The van der Waals surface area contributed by atoms with Crippen molar-refractivity contribution in [2.45, 2.75) is 12.3 Å². The summed E-state index contributed by atoms with van der Waals surface area (Å²) in [4.78, 5) is 9.65. The van der Waals surface area contributed by atoms with E-state index >= 15 is 0 Å². The lowest BCUT2D eigenvalue weighted by Crippen LogP contribution is -2.53. The minimum atomic E-state index is -3.09. The molecule has 168 valence electrons. The van der Waals surface area contributed by atoms with Crippen LogP contribution in [-0.4, -0.2) is 34.8 Å². The van der Waals surface area contributed by atoms with Crippen LogP contribution in [0.2, 0.25) is 10.0 Å². The molecule has 1 aliphatic rings. The Hall–Kier alpha value is -2.82. The molecule has 2 heterocycles. The largest absolute Gasteiger partial charge is 0.349 e. The van der Waals surface area contributed by atoms with Gasteiger partial charge in [0, 0.05) is 18.9 Å². The van der Waals surface area contributed by atoms with Crippen LogP contribution < -0.4 is 22.0 Å². The van der Waals surface area contributed by atoms with Gasteiger partial charge >= 0.3 is 0 Å². The molecule has 2 aromatic carbocycles. The first kappa shape index (κ1) is 22.4. The van der Waals surface area contributed by atoms with Gasteiger partial charge in [0.2, 0.25) is 0 Å². The van der Waals surface area contributed by atoms with Crippen LogP contribution in [-0.2, 0) is 0 Å². The number of aromatic nitrogens is 2. The third-order valence-electron chi connectivity index (χ3n) is 5.33. The molecule has 0 aliphatic carbocycles. The van der Waals surface area contributed by atoms with Gasteiger partial charge < -0.3 is 16.2 Å². The van der Waals surface area contributed by atoms with Crippen molar-refractivity contribution in [3.05, 3.63) is 52.5 Å². The highest BCUT2D eigenvalue weighted by molar-refractivity contribution is 6.42. The maximum atomic E-state index is 14.7. The Morgan fingerprint density at radius 2 is 1.97 bits per heavy atom. The molecule has 3 aromatic rings. The van der Waals surface area contributed by atoms with Crippen LogP contribution in [0, 0.1) is 11.7 Å². The summed E-state index contributed by atoms with van der Waals surface area (Å²) in [5.41, 5.74) is 3.39. The van der Waals surface area contributed by atoms with Crippen molar-refractivity contribution >= 4 is 45.8 Å². The van der Waals surface area contributed by atoms with Crippen LogP contribution in [0.25, 0.3) is 22.0 Å². The van der Waals surface area contributed by atoms with Gasteiger partial charge in [-0.3, -0.25) is 0 Å². The summed E-state index contributed by atoms with van der Waals surface area (Å²) in [5.74, 6) is 6.39. The molecule has 1 aliphatic heterocycles. The number of anilines is 1. The van der Waals surface area contributed by atoms with Crippen LogP contribution in [0.5, 0.6) is 0 Å².